The monoisotopic (exact) mass is 211 g/mol. The molecule has 0 amide bonds. The van der Waals surface area contributed by atoms with Crippen LogP contribution in [0.1, 0.15) is 5.56 Å². The van der Waals surface area contributed by atoms with Crippen LogP contribution in [0.5, 0.6) is 0 Å². The summed E-state index contributed by atoms with van der Waals surface area (Å²) in [6.45, 7) is 0. The summed E-state index contributed by atoms with van der Waals surface area (Å²) >= 11 is 7.96. The molecule has 1 rings (SSSR count). The van der Waals surface area contributed by atoms with Crippen molar-refractivity contribution in [1.82, 2.24) is 0 Å². The fourth-order valence-corrected chi connectivity index (χ4v) is 1.49. The van der Waals surface area contributed by atoms with Crippen LogP contribution in [0.4, 0.5) is 0 Å². The molecule has 2 radical (unpaired) electrons. The van der Waals surface area contributed by atoms with Gasteiger partial charge < -0.3 is 0 Å². The first-order valence-corrected chi connectivity index (χ1v) is 3.94. The Hall–Kier alpha value is -0.442. The predicted octanol–water partition coefficient (Wildman–Crippen LogP) is 1.01. The first-order valence-electron chi connectivity index (χ1n) is 2.62. The van der Waals surface area contributed by atoms with Crippen LogP contribution < -0.4 is 4.35 Å². The Morgan fingerprint density at radius 1 is 1.50 bits per heavy atom. The van der Waals surface area contributed by atoms with E-state index < -0.39 is 0 Å². The Balaban J connectivity index is 3.23. The summed E-state index contributed by atoms with van der Waals surface area (Å²) in [5.74, 6) is 0. The van der Waals surface area contributed by atoms with Gasteiger partial charge in [0.15, 0.2) is 0 Å². The van der Waals surface area contributed by atoms with Crippen molar-refractivity contribution in [2.75, 3.05) is 0 Å². The molecule has 0 bridgehead atoms. The number of nitriles is 1. The summed E-state index contributed by atoms with van der Waals surface area (Å²) in [7, 11) is 0. The standard InChI is InChI=1S/C7H3AsClN/c8-7-3-6(9)2-1-5(7)4-10/h1-3H. The van der Waals surface area contributed by atoms with Gasteiger partial charge in [0.05, 0.1) is 0 Å². The third-order valence-electron chi connectivity index (χ3n) is 1.08. The van der Waals surface area contributed by atoms with E-state index in [4.69, 9.17) is 16.9 Å². The van der Waals surface area contributed by atoms with Crippen LogP contribution in [0, 0.1) is 11.3 Å². The second-order valence-corrected chi connectivity index (χ2v) is 3.22. The molecule has 48 valence electrons. The molecule has 3 heteroatoms. The summed E-state index contributed by atoms with van der Waals surface area (Å²) in [4.78, 5) is 0. The van der Waals surface area contributed by atoms with E-state index in [9.17, 15) is 0 Å². The molecule has 0 atom stereocenters. The maximum absolute atomic E-state index is 8.51. The van der Waals surface area contributed by atoms with Gasteiger partial charge in [-0.3, -0.25) is 0 Å². The fraction of sp³-hybridized carbons (Fsp3) is 0. The van der Waals surface area contributed by atoms with Crippen molar-refractivity contribution in [1.29, 1.82) is 5.26 Å². The van der Waals surface area contributed by atoms with Crippen molar-refractivity contribution >= 4 is 32.8 Å². The van der Waals surface area contributed by atoms with Crippen LogP contribution in [0.15, 0.2) is 18.2 Å². The van der Waals surface area contributed by atoms with E-state index in [1.807, 2.05) is 6.07 Å². The van der Waals surface area contributed by atoms with Crippen LogP contribution in [-0.2, 0) is 0 Å². The maximum atomic E-state index is 8.51. The molecule has 10 heavy (non-hydrogen) atoms. The summed E-state index contributed by atoms with van der Waals surface area (Å²) < 4.78 is 0.863. The molecule has 0 aromatic heterocycles. The summed E-state index contributed by atoms with van der Waals surface area (Å²) in [5.41, 5.74) is 0.657. The molecule has 0 N–H and O–H groups in total. The van der Waals surface area contributed by atoms with Crippen LogP contribution in [0.2, 0.25) is 5.02 Å². The van der Waals surface area contributed by atoms with Crippen molar-refractivity contribution in [2.24, 2.45) is 0 Å². The summed E-state index contributed by atoms with van der Waals surface area (Å²) in [6.07, 6.45) is 0. The normalized spacial score (nSPS) is 8.90. The number of nitrogens with zero attached hydrogens (tertiary/aromatic N) is 1. The minimum absolute atomic E-state index is 0.657. The fourth-order valence-electron chi connectivity index (χ4n) is 0.599. The SMILES string of the molecule is N#Cc1ccc(Cl)cc1[As]. The molecule has 0 fully saturated rings. The van der Waals surface area contributed by atoms with Crippen LogP contribution in [0.25, 0.3) is 0 Å². The third kappa shape index (κ3) is 1.53. The molecule has 1 aromatic rings. The van der Waals surface area contributed by atoms with Gasteiger partial charge in [0.25, 0.3) is 0 Å². The van der Waals surface area contributed by atoms with E-state index in [0.29, 0.717) is 10.6 Å². The number of hydrogen-bond donors (Lipinski definition) is 0. The average Bonchev–Trinajstić information content (AvgIpc) is 1.88. The molecule has 0 spiro atoms. The van der Waals surface area contributed by atoms with E-state index in [2.05, 4.69) is 16.9 Å². The van der Waals surface area contributed by atoms with Crippen molar-refractivity contribution in [3.05, 3.63) is 28.8 Å². The minimum atomic E-state index is 0.657. The Morgan fingerprint density at radius 2 is 2.20 bits per heavy atom. The molecule has 0 aliphatic rings. The topological polar surface area (TPSA) is 23.8 Å². The van der Waals surface area contributed by atoms with Gasteiger partial charge in [0, 0.05) is 0 Å². The zero-order valence-electron chi connectivity index (χ0n) is 5.00. The molecule has 0 aliphatic carbocycles. The van der Waals surface area contributed by atoms with E-state index in [0.717, 1.165) is 4.35 Å². The number of benzene rings is 1. The van der Waals surface area contributed by atoms with E-state index in [1.54, 1.807) is 18.2 Å². The number of halogens is 1. The summed E-state index contributed by atoms with van der Waals surface area (Å²) in [6, 6.07) is 7.21. The van der Waals surface area contributed by atoms with Crippen LogP contribution in [0.3, 0.4) is 0 Å². The van der Waals surface area contributed by atoms with Gasteiger partial charge in [-0.1, -0.05) is 0 Å². The Labute approximate surface area is 73.1 Å². The van der Waals surface area contributed by atoms with Gasteiger partial charge in [-0.15, -0.1) is 0 Å². The molecule has 0 aliphatic heterocycles. The number of hydrogen-bond acceptors (Lipinski definition) is 1. The first kappa shape index (κ1) is 7.66. The van der Waals surface area contributed by atoms with Crippen molar-refractivity contribution in [3.8, 4) is 6.07 Å². The van der Waals surface area contributed by atoms with Crippen molar-refractivity contribution in [2.45, 2.75) is 0 Å². The summed E-state index contributed by atoms with van der Waals surface area (Å²) in [5, 5.41) is 9.17. The molecule has 1 nitrogen and oxygen atoms in total. The average molecular weight is 211 g/mol. The first-order chi connectivity index (χ1) is 4.74. The van der Waals surface area contributed by atoms with E-state index in [-0.39, 0.29) is 0 Å². The van der Waals surface area contributed by atoms with Crippen LogP contribution >= 0.6 is 11.6 Å². The van der Waals surface area contributed by atoms with Crippen molar-refractivity contribution in [3.63, 3.8) is 0 Å². The Morgan fingerprint density at radius 3 is 2.70 bits per heavy atom. The molecule has 0 saturated carbocycles. The molecule has 0 saturated heterocycles. The number of rotatable bonds is 0. The zero-order valence-corrected chi connectivity index (χ0v) is 7.64. The molecule has 0 unspecified atom stereocenters. The second kappa shape index (κ2) is 3.10. The predicted molar refractivity (Wildman–Crippen MR) is 41.6 cm³/mol. The van der Waals surface area contributed by atoms with Gasteiger partial charge in [0.1, 0.15) is 0 Å². The van der Waals surface area contributed by atoms with Gasteiger partial charge in [-0.05, 0) is 0 Å². The second-order valence-electron chi connectivity index (χ2n) is 1.77. The molecular formula is C7H3AsClN. The van der Waals surface area contributed by atoms with E-state index in [1.165, 1.54) is 0 Å². The van der Waals surface area contributed by atoms with Gasteiger partial charge >= 0.3 is 72.9 Å². The zero-order chi connectivity index (χ0) is 7.56. The Kier molecular flexibility index (Phi) is 2.38. The Bertz CT molecular complexity index is 290. The van der Waals surface area contributed by atoms with Gasteiger partial charge in [0.2, 0.25) is 0 Å². The van der Waals surface area contributed by atoms with Gasteiger partial charge in [-0.25, -0.2) is 0 Å². The molecule has 0 heterocycles. The van der Waals surface area contributed by atoms with Crippen LogP contribution in [-0.4, -0.2) is 16.9 Å². The quantitative estimate of drug-likeness (QED) is 0.588. The molecular weight excluding hydrogens is 208 g/mol. The van der Waals surface area contributed by atoms with Crippen molar-refractivity contribution < 1.29 is 0 Å². The molecule has 1 aromatic carbocycles. The third-order valence-corrected chi connectivity index (χ3v) is 2.09. The van der Waals surface area contributed by atoms with E-state index >= 15 is 0 Å². The van der Waals surface area contributed by atoms with Gasteiger partial charge in [-0.2, -0.15) is 0 Å².